The Labute approximate surface area is 177 Å². The highest BCUT2D eigenvalue weighted by Crippen LogP contribution is 2.40. The van der Waals surface area contributed by atoms with Crippen molar-refractivity contribution in [1.82, 2.24) is 14.8 Å². The van der Waals surface area contributed by atoms with Crippen LogP contribution in [0.1, 0.15) is 42.1 Å². The normalized spacial score (nSPS) is 14.8. The highest BCUT2D eigenvalue weighted by molar-refractivity contribution is 8.00. The van der Waals surface area contributed by atoms with Gasteiger partial charge < -0.3 is 9.88 Å². The average Bonchev–Trinajstić information content (AvgIpc) is 3.23. The van der Waals surface area contributed by atoms with Crippen LogP contribution in [0, 0.1) is 6.92 Å². The molecular formula is C20H21ClN4OS2. The topological polar surface area (TPSA) is 59.8 Å². The molecule has 3 aromatic rings. The number of nitrogens with one attached hydrogen (secondary N) is 1. The van der Waals surface area contributed by atoms with Crippen molar-refractivity contribution in [2.75, 3.05) is 5.32 Å². The molecule has 1 amide bonds. The van der Waals surface area contributed by atoms with Crippen molar-refractivity contribution < 1.29 is 4.79 Å². The van der Waals surface area contributed by atoms with Crippen molar-refractivity contribution in [3.05, 3.63) is 57.0 Å². The molecule has 0 bridgehead atoms. The molecule has 8 heteroatoms. The number of hydrogen-bond acceptors (Lipinski definition) is 5. The molecule has 0 radical (unpaired) electrons. The fourth-order valence-electron chi connectivity index (χ4n) is 2.97. The van der Waals surface area contributed by atoms with E-state index in [0.29, 0.717) is 11.1 Å². The van der Waals surface area contributed by atoms with Gasteiger partial charge in [-0.05, 0) is 55.8 Å². The van der Waals surface area contributed by atoms with Crippen LogP contribution in [0.3, 0.4) is 0 Å². The first-order valence-corrected chi connectivity index (χ1v) is 11.4. The van der Waals surface area contributed by atoms with Gasteiger partial charge in [-0.25, -0.2) is 0 Å². The SMILES string of the molecule is Cc1c(Cl)cccc1NC(=O)C(C)Sc1nnc(Cc2cccs2)n1C1CC1. The fraction of sp³-hybridized carbons (Fsp3) is 0.350. The third-order valence-electron chi connectivity index (χ3n) is 4.74. The maximum absolute atomic E-state index is 12.7. The number of nitrogens with zero attached hydrogens (tertiary/aromatic N) is 3. The Balaban J connectivity index is 1.48. The van der Waals surface area contributed by atoms with E-state index in [1.54, 1.807) is 11.3 Å². The van der Waals surface area contributed by atoms with Gasteiger partial charge in [0.15, 0.2) is 5.16 Å². The lowest BCUT2D eigenvalue weighted by atomic mass is 10.2. The number of carbonyl (C=O) groups is 1. The van der Waals surface area contributed by atoms with Gasteiger partial charge >= 0.3 is 0 Å². The van der Waals surface area contributed by atoms with E-state index in [1.807, 2.05) is 32.0 Å². The molecule has 5 nitrogen and oxygen atoms in total. The van der Waals surface area contributed by atoms with Crippen molar-refractivity contribution in [2.24, 2.45) is 0 Å². The lowest BCUT2D eigenvalue weighted by Crippen LogP contribution is -2.23. The van der Waals surface area contributed by atoms with E-state index in [9.17, 15) is 4.79 Å². The van der Waals surface area contributed by atoms with Gasteiger partial charge in [-0.3, -0.25) is 4.79 Å². The largest absolute Gasteiger partial charge is 0.325 e. The molecule has 1 fully saturated rings. The van der Waals surface area contributed by atoms with Crippen LogP contribution >= 0.6 is 34.7 Å². The second-order valence-corrected chi connectivity index (χ2v) is 9.67. The summed E-state index contributed by atoms with van der Waals surface area (Å²) >= 11 is 9.34. The minimum atomic E-state index is -0.297. The average molecular weight is 433 g/mol. The molecule has 1 N–H and O–H groups in total. The molecule has 1 unspecified atom stereocenters. The second-order valence-electron chi connectivity index (χ2n) is 6.92. The van der Waals surface area contributed by atoms with E-state index in [-0.39, 0.29) is 11.2 Å². The van der Waals surface area contributed by atoms with Crippen molar-refractivity contribution in [3.8, 4) is 0 Å². The van der Waals surface area contributed by atoms with Crippen molar-refractivity contribution in [2.45, 2.75) is 49.6 Å². The molecule has 2 aromatic heterocycles. The molecule has 0 spiro atoms. The number of amides is 1. The van der Waals surface area contributed by atoms with E-state index in [4.69, 9.17) is 11.6 Å². The number of hydrogen-bond donors (Lipinski definition) is 1. The Hall–Kier alpha value is -1.83. The van der Waals surface area contributed by atoms with Crippen LogP contribution in [0.4, 0.5) is 5.69 Å². The summed E-state index contributed by atoms with van der Waals surface area (Å²) in [6, 6.07) is 10.1. The summed E-state index contributed by atoms with van der Waals surface area (Å²) in [5.74, 6) is 0.909. The minimum Gasteiger partial charge on any atom is -0.325 e. The standard InChI is InChI=1S/C20H21ClN4OS2/c1-12-16(21)6-3-7-17(12)22-19(26)13(2)28-20-24-23-18(25(20)14-8-9-14)11-15-5-4-10-27-15/h3-7,10,13-14H,8-9,11H2,1-2H3,(H,22,26). The molecule has 1 atom stereocenters. The van der Waals surface area contributed by atoms with Crippen molar-refractivity contribution >= 4 is 46.3 Å². The predicted molar refractivity (Wildman–Crippen MR) is 116 cm³/mol. The lowest BCUT2D eigenvalue weighted by Gasteiger charge is -2.15. The quantitative estimate of drug-likeness (QED) is 0.511. The summed E-state index contributed by atoms with van der Waals surface area (Å²) in [4.78, 5) is 14.0. The summed E-state index contributed by atoms with van der Waals surface area (Å²) < 4.78 is 2.22. The van der Waals surface area contributed by atoms with Gasteiger partial charge in [0.2, 0.25) is 5.91 Å². The van der Waals surface area contributed by atoms with Gasteiger partial charge in [0.05, 0.1) is 5.25 Å². The van der Waals surface area contributed by atoms with Crippen LogP contribution in [0.2, 0.25) is 5.02 Å². The zero-order chi connectivity index (χ0) is 19.7. The molecule has 0 saturated heterocycles. The highest BCUT2D eigenvalue weighted by Gasteiger charge is 2.31. The Morgan fingerprint density at radius 1 is 1.36 bits per heavy atom. The summed E-state index contributed by atoms with van der Waals surface area (Å²) in [7, 11) is 0. The van der Waals surface area contributed by atoms with Gasteiger partial charge in [-0.2, -0.15) is 0 Å². The smallest absolute Gasteiger partial charge is 0.237 e. The van der Waals surface area contributed by atoms with Gasteiger partial charge in [-0.1, -0.05) is 35.5 Å². The number of carbonyl (C=O) groups excluding carboxylic acids is 1. The Kier molecular flexibility index (Phi) is 5.75. The number of aromatic nitrogens is 3. The zero-order valence-corrected chi connectivity index (χ0v) is 18.1. The fourth-order valence-corrected chi connectivity index (χ4v) is 4.78. The number of anilines is 1. The Morgan fingerprint density at radius 3 is 2.89 bits per heavy atom. The first-order chi connectivity index (χ1) is 13.5. The molecule has 1 aromatic carbocycles. The summed E-state index contributed by atoms with van der Waals surface area (Å²) in [5, 5.41) is 15.0. The second kappa shape index (κ2) is 8.27. The van der Waals surface area contributed by atoms with E-state index in [0.717, 1.165) is 41.5 Å². The number of thiophene rings is 1. The molecule has 0 aliphatic heterocycles. The van der Waals surface area contributed by atoms with Crippen LogP contribution in [0.5, 0.6) is 0 Å². The molecule has 146 valence electrons. The third-order valence-corrected chi connectivity index (χ3v) is 7.08. The number of halogens is 1. The lowest BCUT2D eigenvalue weighted by molar-refractivity contribution is -0.115. The van der Waals surface area contributed by atoms with E-state index < -0.39 is 0 Å². The highest BCUT2D eigenvalue weighted by atomic mass is 35.5. The first kappa shape index (κ1) is 19.5. The Bertz CT molecular complexity index is 982. The van der Waals surface area contributed by atoms with Gasteiger partial charge in [-0.15, -0.1) is 21.5 Å². The third kappa shape index (κ3) is 4.26. The summed E-state index contributed by atoms with van der Waals surface area (Å²) in [6.07, 6.45) is 3.07. The minimum absolute atomic E-state index is 0.0690. The van der Waals surface area contributed by atoms with Gasteiger partial charge in [0, 0.05) is 28.0 Å². The van der Waals surface area contributed by atoms with Crippen LogP contribution < -0.4 is 5.32 Å². The monoisotopic (exact) mass is 432 g/mol. The van der Waals surface area contributed by atoms with Crippen LogP contribution in [0.15, 0.2) is 40.9 Å². The number of benzene rings is 1. The van der Waals surface area contributed by atoms with Gasteiger partial charge in [0.25, 0.3) is 0 Å². The Morgan fingerprint density at radius 2 is 2.18 bits per heavy atom. The molecule has 28 heavy (non-hydrogen) atoms. The number of rotatable bonds is 7. The first-order valence-electron chi connectivity index (χ1n) is 9.21. The summed E-state index contributed by atoms with van der Waals surface area (Å²) in [6.45, 7) is 3.79. The molecule has 1 saturated carbocycles. The molecule has 4 rings (SSSR count). The molecule has 1 aliphatic carbocycles. The van der Waals surface area contributed by atoms with Crippen LogP contribution in [-0.2, 0) is 11.2 Å². The summed E-state index contributed by atoms with van der Waals surface area (Å²) in [5.41, 5.74) is 1.61. The van der Waals surface area contributed by atoms with Crippen LogP contribution in [-0.4, -0.2) is 25.9 Å². The zero-order valence-electron chi connectivity index (χ0n) is 15.7. The number of thioether (sulfide) groups is 1. The molecule has 1 aliphatic rings. The molecule has 2 heterocycles. The molecular weight excluding hydrogens is 412 g/mol. The van der Waals surface area contributed by atoms with Crippen molar-refractivity contribution in [1.29, 1.82) is 0 Å². The maximum atomic E-state index is 12.7. The maximum Gasteiger partial charge on any atom is 0.237 e. The van der Waals surface area contributed by atoms with E-state index in [1.165, 1.54) is 16.6 Å². The van der Waals surface area contributed by atoms with Crippen LogP contribution in [0.25, 0.3) is 0 Å². The van der Waals surface area contributed by atoms with Crippen molar-refractivity contribution in [3.63, 3.8) is 0 Å². The predicted octanol–water partition coefficient (Wildman–Crippen LogP) is 5.35. The van der Waals surface area contributed by atoms with E-state index >= 15 is 0 Å². The van der Waals surface area contributed by atoms with Gasteiger partial charge in [0.1, 0.15) is 5.82 Å². The van der Waals surface area contributed by atoms with E-state index in [2.05, 4.69) is 37.6 Å².